The minimum atomic E-state index is -1.19. The molecule has 0 unspecified atom stereocenters. The van der Waals surface area contributed by atoms with Crippen LogP contribution < -0.4 is 0 Å². The maximum absolute atomic E-state index is 4.94. The molecule has 2 heteroatoms. The molecule has 0 spiro atoms. The summed E-state index contributed by atoms with van der Waals surface area (Å²) >= 11 is 0. The fourth-order valence-corrected chi connectivity index (χ4v) is 1.41. The molecule has 0 aliphatic heterocycles. The molecule has 0 fully saturated rings. The Morgan fingerprint density at radius 2 is 1.70 bits per heavy atom. The van der Waals surface area contributed by atoms with Crippen molar-refractivity contribution in [2.45, 2.75) is 38.9 Å². The van der Waals surface area contributed by atoms with Gasteiger partial charge >= 0.3 is 0 Å². The summed E-state index contributed by atoms with van der Waals surface area (Å²) in [4.78, 5) is 0. The van der Waals surface area contributed by atoms with E-state index >= 15 is 0 Å². The van der Waals surface area contributed by atoms with E-state index in [2.05, 4.69) is 41.0 Å². The minimum absolute atomic E-state index is 0.421. The average Bonchev–Trinajstić information content (AvgIpc) is 1.61. The van der Waals surface area contributed by atoms with Crippen molar-refractivity contribution in [3.63, 3.8) is 0 Å². The van der Waals surface area contributed by atoms with Crippen LogP contribution in [-0.2, 0) is 4.74 Å². The lowest BCUT2D eigenvalue weighted by atomic mass is 10.2. The van der Waals surface area contributed by atoms with Gasteiger partial charge in [-0.2, -0.15) is 0 Å². The van der Waals surface area contributed by atoms with Crippen LogP contribution >= 0.6 is 0 Å². The highest BCUT2D eigenvalue weighted by Crippen LogP contribution is 2.35. The summed E-state index contributed by atoms with van der Waals surface area (Å²) in [5.41, 5.74) is 0. The Morgan fingerprint density at radius 1 is 1.30 bits per heavy atom. The van der Waals surface area contributed by atoms with E-state index in [1.165, 1.54) is 0 Å². The fourth-order valence-electron chi connectivity index (χ4n) is 0.472. The Labute approximate surface area is 65.8 Å². The van der Waals surface area contributed by atoms with E-state index in [0.29, 0.717) is 5.04 Å². The molecular weight excluding hydrogens is 140 g/mol. The molecule has 0 aromatic carbocycles. The van der Waals surface area contributed by atoms with Crippen molar-refractivity contribution in [2.24, 2.45) is 0 Å². The fraction of sp³-hybridized carbons (Fsp3) is 0.875. The molecule has 0 amide bonds. The van der Waals surface area contributed by atoms with Crippen LogP contribution in [0.15, 0.2) is 0 Å². The lowest BCUT2D eigenvalue weighted by molar-refractivity contribution is 0.290. The van der Waals surface area contributed by atoms with Gasteiger partial charge in [0.05, 0.1) is 15.2 Å². The molecule has 1 radical (unpaired) electrons. The smallest absolute Gasteiger partial charge is 0.0829 e. The number of rotatable bonds is 2. The van der Waals surface area contributed by atoms with Crippen LogP contribution in [0.4, 0.5) is 0 Å². The first-order valence-corrected chi connectivity index (χ1v) is 6.89. The summed E-state index contributed by atoms with van der Waals surface area (Å²) in [5.74, 6) is 0. The second-order valence-corrected chi connectivity index (χ2v) is 10.0. The third kappa shape index (κ3) is 2.43. The molecule has 0 aliphatic carbocycles. The molecule has 0 heterocycles. The maximum atomic E-state index is 4.94. The molecule has 61 valence electrons. The van der Waals surface area contributed by atoms with Crippen LogP contribution in [0.3, 0.4) is 0 Å². The maximum Gasteiger partial charge on any atom is 0.0829 e. The van der Waals surface area contributed by atoms with Crippen molar-refractivity contribution >= 4 is 8.07 Å². The van der Waals surface area contributed by atoms with Crippen LogP contribution in [0.2, 0.25) is 18.1 Å². The third-order valence-electron chi connectivity index (χ3n) is 2.49. The highest BCUT2D eigenvalue weighted by Gasteiger charge is 2.34. The van der Waals surface area contributed by atoms with Gasteiger partial charge in [-0.1, -0.05) is 33.9 Å². The second kappa shape index (κ2) is 3.05. The molecule has 0 rings (SSSR count). The normalized spacial score (nSPS) is 13.8. The highest BCUT2D eigenvalue weighted by atomic mass is 28.3. The quantitative estimate of drug-likeness (QED) is 0.563. The van der Waals surface area contributed by atoms with Crippen LogP contribution in [0.5, 0.6) is 0 Å². The Kier molecular flexibility index (Phi) is 3.11. The van der Waals surface area contributed by atoms with Gasteiger partial charge in [-0.25, -0.2) is 0 Å². The highest BCUT2D eigenvalue weighted by molar-refractivity contribution is 6.80. The third-order valence-corrected chi connectivity index (χ3v) is 7.48. The van der Waals surface area contributed by atoms with E-state index < -0.39 is 8.07 Å². The average molecular weight is 159 g/mol. The topological polar surface area (TPSA) is 9.23 Å². The lowest BCUT2D eigenvalue weighted by Gasteiger charge is -2.35. The zero-order valence-electron chi connectivity index (χ0n) is 7.82. The molecule has 0 aliphatic rings. The van der Waals surface area contributed by atoms with E-state index in [4.69, 9.17) is 4.74 Å². The first kappa shape index (κ1) is 10.2. The number of hydrogen-bond acceptors (Lipinski definition) is 1. The summed E-state index contributed by atoms with van der Waals surface area (Å²) in [7, 11) is 2.23. The molecule has 0 N–H and O–H groups in total. The SMILES string of the molecule is [CH2]OC[Si](C)(C)C(C)(C)C. The van der Waals surface area contributed by atoms with Gasteiger partial charge < -0.3 is 4.74 Å². The first-order valence-electron chi connectivity index (χ1n) is 3.68. The summed E-state index contributed by atoms with van der Waals surface area (Å²) in [6.45, 7) is 11.5. The van der Waals surface area contributed by atoms with Crippen molar-refractivity contribution < 1.29 is 4.74 Å². The largest absolute Gasteiger partial charge is 0.382 e. The summed E-state index contributed by atoms with van der Waals surface area (Å²) in [6, 6.07) is 0. The molecule has 0 saturated carbocycles. The van der Waals surface area contributed by atoms with Gasteiger partial charge in [0.1, 0.15) is 0 Å². The Bertz CT molecular complexity index is 102. The van der Waals surface area contributed by atoms with E-state index in [-0.39, 0.29) is 0 Å². The summed E-state index contributed by atoms with van der Waals surface area (Å²) < 4.78 is 4.94. The molecule has 0 aromatic rings. The van der Waals surface area contributed by atoms with Crippen molar-refractivity contribution in [3.05, 3.63) is 7.11 Å². The Balaban J connectivity index is 4.10. The molecule has 0 saturated heterocycles. The summed E-state index contributed by atoms with van der Waals surface area (Å²) in [5, 5.41) is 0.421. The number of hydrogen-bond donors (Lipinski definition) is 0. The minimum Gasteiger partial charge on any atom is -0.382 e. The van der Waals surface area contributed by atoms with E-state index in [9.17, 15) is 0 Å². The van der Waals surface area contributed by atoms with Crippen molar-refractivity contribution in [2.75, 3.05) is 6.23 Å². The van der Waals surface area contributed by atoms with Crippen LogP contribution in [0, 0.1) is 7.11 Å². The van der Waals surface area contributed by atoms with Crippen LogP contribution in [-0.4, -0.2) is 14.3 Å². The Morgan fingerprint density at radius 3 is 1.80 bits per heavy atom. The summed E-state index contributed by atoms with van der Waals surface area (Å²) in [6.07, 6.45) is 0.858. The predicted molar refractivity (Wildman–Crippen MR) is 48.5 cm³/mol. The number of ether oxygens (including phenoxy) is 1. The van der Waals surface area contributed by atoms with Crippen LogP contribution in [0.25, 0.3) is 0 Å². The van der Waals surface area contributed by atoms with E-state index in [1.54, 1.807) is 0 Å². The zero-order chi connectivity index (χ0) is 8.41. The molecule has 0 aromatic heterocycles. The lowest BCUT2D eigenvalue weighted by Crippen LogP contribution is -2.41. The van der Waals surface area contributed by atoms with Gasteiger partial charge in [0, 0.05) is 6.23 Å². The van der Waals surface area contributed by atoms with Gasteiger partial charge in [-0.15, -0.1) is 0 Å². The van der Waals surface area contributed by atoms with Crippen LogP contribution in [0.1, 0.15) is 20.8 Å². The molecule has 0 atom stereocenters. The second-order valence-electron chi connectivity index (χ2n) is 4.48. The van der Waals surface area contributed by atoms with Gasteiger partial charge in [0.2, 0.25) is 0 Å². The first-order chi connectivity index (χ1) is 4.31. The van der Waals surface area contributed by atoms with E-state index in [1.807, 2.05) is 0 Å². The van der Waals surface area contributed by atoms with E-state index in [0.717, 1.165) is 6.23 Å². The monoisotopic (exact) mass is 159 g/mol. The van der Waals surface area contributed by atoms with Gasteiger partial charge in [0.25, 0.3) is 0 Å². The standard InChI is InChI=1S/C8H19OSi/c1-8(2,3)10(5,6)7-9-4/h4,7H2,1-3,5-6H3. The predicted octanol–water partition coefficient (Wildman–Crippen LogP) is 2.84. The van der Waals surface area contributed by atoms with Gasteiger partial charge in [-0.05, 0) is 5.04 Å². The van der Waals surface area contributed by atoms with Gasteiger partial charge in [-0.3, -0.25) is 0 Å². The molecule has 0 bridgehead atoms. The van der Waals surface area contributed by atoms with Crippen molar-refractivity contribution in [1.82, 2.24) is 0 Å². The van der Waals surface area contributed by atoms with Crippen molar-refractivity contribution in [3.8, 4) is 0 Å². The van der Waals surface area contributed by atoms with Crippen molar-refractivity contribution in [1.29, 1.82) is 0 Å². The molecule has 10 heavy (non-hydrogen) atoms. The Hall–Kier alpha value is 0.177. The molecule has 1 nitrogen and oxygen atoms in total. The zero-order valence-corrected chi connectivity index (χ0v) is 8.82. The molecular formula is C8H19OSi. The van der Waals surface area contributed by atoms with Gasteiger partial charge in [0.15, 0.2) is 0 Å².